The van der Waals surface area contributed by atoms with Crippen LogP contribution in [0.25, 0.3) is 0 Å². The Morgan fingerprint density at radius 3 is 2.68 bits per heavy atom. The molecule has 2 aromatic rings. The Morgan fingerprint density at radius 1 is 1.27 bits per heavy atom. The van der Waals surface area contributed by atoms with E-state index < -0.39 is 10.7 Å². The van der Waals surface area contributed by atoms with Crippen molar-refractivity contribution in [2.24, 2.45) is 0 Å². The summed E-state index contributed by atoms with van der Waals surface area (Å²) in [5.41, 5.74) is 2.14. The van der Waals surface area contributed by atoms with Crippen LogP contribution >= 0.6 is 15.9 Å². The summed E-state index contributed by atoms with van der Waals surface area (Å²) in [4.78, 5) is 12.1. The summed E-state index contributed by atoms with van der Waals surface area (Å²) >= 11 is 3.42. The number of anilines is 1. The molecule has 0 radical (unpaired) electrons. The van der Waals surface area contributed by atoms with E-state index in [1.165, 1.54) is 13.2 Å². The highest BCUT2D eigenvalue weighted by Crippen LogP contribution is 2.37. The highest BCUT2D eigenvalue weighted by Gasteiger charge is 2.26. The maximum Gasteiger partial charge on any atom is 0.313 e. The zero-order chi connectivity index (χ0) is 15.9. The summed E-state index contributed by atoms with van der Waals surface area (Å²) in [6.07, 6.45) is 0. The maximum atomic E-state index is 14.3. The van der Waals surface area contributed by atoms with E-state index in [1.807, 2.05) is 23.1 Å². The van der Waals surface area contributed by atoms with E-state index in [-0.39, 0.29) is 11.4 Å². The van der Waals surface area contributed by atoms with Crippen LogP contribution in [0, 0.1) is 15.9 Å². The van der Waals surface area contributed by atoms with Crippen molar-refractivity contribution >= 4 is 27.3 Å². The lowest BCUT2D eigenvalue weighted by atomic mass is 10.1. The zero-order valence-electron chi connectivity index (χ0n) is 11.7. The number of methoxy groups -OCH3 is 1. The molecule has 0 atom stereocenters. The molecule has 3 rings (SSSR count). The first-order valence-corrected chi connectivity index (χ1v) is 7.33. The van der Waals surface area contributed by atoms with Crippen LogP contribution in [0.15, 0.2) is 34.8 Å². The number of nitro benzene ring substituents is 1. The largest absolute Gasteiger partial charge is 0.490 e. The molecule has 0 bridgehead atoms. The van der Waals surface area contributed by atoms with Crippen molar-refractivity contribution in [2.75, 3.05) is 12.0 Å². The summed E-state index contributed by atoms with van der Waals surface area (Å²) < 4.78 is 20.3. The summed E-state index contributed by atoms with van der Waals surface area (Å²) in [6, 6.07) is 8.21. The fourth-order valence-corrected chi connectivity index (χ4v) is 3.02. The van der Waals surface area contributed by atoms with Gasteiger partial charge in [0.25, 0.3) is 0 Å². The van der Waals surface area contributed by atoms with Crippen LogP contribution in [-0.4, -0.2) is 12.0 Å². The molecule has 0 amide bonds. The van der Waals surface area contributed by atoms with E-state index in [0.29, 0.717) is 18.8 Å². The maximum absolute atomic E-state index is 14.3. The number of hydrogen-bond donors (Lipinski definition) is 0. The van der Waals surface area contributed by atoms with Crippen LogP contribution in [0.5, 0.6) is 5.75 Å². The van der Waals surface area contributed by atoms with Gasteiger partial charge in [0.1, 0.15) is 0 Å². The average molecular weight is 367 g/mol. The third-order valence-corrected chi connectivity index (χ3v) is 4.17. The Kier molecular flexibility index (Phi) is 3.74. The second kappa shape index (κ2) is 5.57. The third-order valence-electron chi connectivity index (χ3n) is 3.68. The second-order valence-corrected chi connectivity index (χ2v) is 5.92. The van der Waals surface area contributed by atoms with Gasteiger partial charge in [-0.1, -0.05) is 22.0 Å². The minimum atomic E-state index is -0.651. The molecule has 22 heavy (non-hydrogen) atoms. The Balaban J connectivity index is 1.98. The Labute approximate surface area is 134 Å². The van der Waals surface area contributed by atoms with Gasteiger partial charge >= 0.3 is 5.69 Å². The van der Waals surface area contributed by atoms with Gasteiger partial charge in [0, 0.05) is 23.6 Å². The number of nitrogens with zero attached hydrogens (tertiary/aromatic N) is 2. The molecule has 1 heterocycles. The first-order valence-electron chi connectivity index (χ1n) is 6.53. The van der Waals surface area contributed by atoms with E-state index in [2.05, 4.69) is 15.9 Å². The van der Waals surface area contributed by atoms with Gasteiger partial charge in [0.15, 0.2) is 11.6 Å². The summed E-state index contributed by atoms with van der Waals surface area (Å²) in [6.45, 7) is 1.10. The quantitative estimate of drug-likeness (QED) is 0.607. The van der Waals surface area contributed by atoms with Gasteiger partial charge in [-0.2, -0.15) is 0 Å². The standard InChI is InChI=1S/C15H12BrFN2O3/c1-22-15-6-13(12(17)5-14(15)19(20)21)18-7-9-2-3-11(16)4-10(9)8-18/h2-6H,7-8H2,1H3. The van der Waals surface area contributed by atoms with Crippen LogP contribution in [0.1, 0.15) is 11.1 Å². The number of ether oxygens (including phenoxy) is 1. The zero-order valence-corrected chi connectivity index (χ0v) is 13.3. The molecule has 0 fully saturated rings. The first-order chi connectivity index (χ1) is 10.5. The molecular weight excluding hydrogens is 355 g/mol. The van der Waals surface area contributed by atoms with Crippen LogP contribution < -0.4 is 9.64 Å². The van der Waals surface area contributed by atoms with Gasteiger partial charge in [-0.15, -0.1) is 0 Å². The fraction of sp³-hybridized carbons (Fsp3) is 0.200. The molecule has 0 saturated heterocycles. The third kappa shape index (κ3) is 2.52. The monoisotopic (exact) mass is 366 g/mol. The van der Waals surface area contributed by atoms with Crippen molar-refractivity contribution in [2.45, 2.75) is 13.1 Å². The van der Waals surface area contributed by atoms with E-state index >= 15 is 0 Å². The second-order valence-electron chi connectivity index (χ2n) is 5.00. The minimum absolute atomic E-state index is 0.0542. The van der Waals surface area contributed by atoms with Crippen LogP contribution in [0.2, 0.25) is 0 Å². The molecule has 0 N–H and O–H groups in total. The SMILES string of the molecule is COc1cc(N2Cc3ccc(Br)cc3C2)c(F)cc1[N+](=O)[O-]. The van der Waals surface area contributed by atoms with Crippen molar-refractivity contribution in [1.82, 2.24) is 0 Å². The molecule has 2 aromatic carbocycles. The van der Waals surface area contributed by atoms with Crippen molar-refractivity contribution in [3.63, 3.8) is 0 Å². The number of nitro groups is 1. The minimum Gasteiger partial charge on any atom is -0.490 e. The molecule has 0 spiro atoms. The van der Waals surface area contributed by atoms with E-state index in [4.69, 9.17) is 4.74 Å². The molecule has 0 aliphatic carbocycles. The number of fused-ring (bicyclic) bond motifs is 1. The van der Waals surface area contributed by atoms with Crippen molar-refractivity contribution in [3.05, 3.63) is 61.9 Å². The Morgan fingerprint density at radius 2 is 2.00 bits per heavy atom. The smallest absolute Gasteiger partial charge is 0.313 e. The molecule has 5 nitrogen and oxygen atoms in total. The normalized spacial score (nSPS) is 13.1. The van der Waals surface area contributed by atoms with Crippen molar-refractivity contribution in [1.29, 1.82) is 0 Å². The fourth-order valence-electron chi connectivity index (χ4n) is 2.61. The Hall–Kier alpha value is -2.15. The van der Waals surface area contributed by atoms with Crippen LogP contribution in [0.4, 0.5) is 15.8 Å². The van der Waals surface area contributed by atoms with Crippen molar-refractivity contribution < 1.29 is 14.1 Å². The molecule has 0 unspecified atom stereocenters. The highest BCUT2D eigenvalue weighted by atomic mass is 79.9. The average Bonchev–Trinajstić information content (AvgIpc) is 2.89. The first kappa shape index (κ1) is 14.8. The van der Waals surface area contributed by atoms with Gasteiger partial charge in [0.2, 0.25) is 0 Å². The number of benzene rings is 2. The topological polar surface area (TPSA) is 55.6 Å². The molecule has 0 aromatic heterocycles. The van der Waals surface area contributed by atoms with Crippen molar-refractivity contribution in [3.8, 4) is 5.75 Å². The summed E-state index contributed by atoms with van der Waals surface area (Å²) in [5.74, 6) is -0.571. The summed E-state index contributed by atoms with van der Waals surface area (Å²) in [5, 5.41) is 10.9. The number of rotatable bonds is 3. The van der Waals surface area contributed by atoms with Gasteiger partial charge in [-0.05, 0) is 23.3 Å². The van der Waals surface area contributed by atoms with E-state index in [1.54, 1.807) is 0 Å². The molecule has 1 aliphatic rings. The molecule has 1 aliphatic heterocycles. The highest BCUT2D eigenvalue weighted by molar-refractivity contribution is 9.10. The Bertz CT molecular complexity index is 767. The van der Waals surface area contributed by atoms with E-state index in [9.17, 15) is 14.5 Å². The summed E-state index contributed by atoms with van der Waals surface area (Å²) in [7, 11) is 1.33. The number of halogens is 2. The lowest BCUT2D eigenvalue weighted by molar-refractivity contribution is -0.385. The van der Waals surface area contributed by atoms with Gasteiger partial charge < -0.3 is 9.64 Å². The predicted octanol–water partition coefficient (Wildman–Crippen LogP) is 4.03. The molecule has 7 heteroatoms. The molecule has 114 valence electrons. The molecule has 0 saturated carbocycles. The van der Waals surface area contributed by atoms with Gasteiger partial charge in [-0.25, -0.2) is 4.39 Å². The lowest BCUT2D eigenvalue weighted by Crippen LogP contribution is -2.16. The van der Waals surface area contributed by atoms with E-state index in [0.717, 1.165) is 21.7 Å². The molecular formula is C15H12BrFN2O3. The van der Waals surface area contributed by atoms with Gasteiger partial charge in [-0.3, -0.25) is 10.1 Å². The predicted molar refractivity (Wildman–Crippen MR) is 83.6 cm³/mol. The van der Waals surface area contributed by atoms with Gasteiger partial charge in [0.05, 0.1) is 23.8 Å². The van der Waals surface area contributed by atoms with Crippen LogP contribution in [-0.2, 0) is 13.1 Å². The lowest BCUT2D eigenvalue weighted by Gasteiger charge is -2.19. The van der Waals surface area contributed by atoms with Crippen LogP contribution in [0.3, 0.4) is 0 Å². The number of hydrogen-bond acceptors (Lipinski definition) is 4.